The van der Waals surface area contributed by atoms with Gasteiger partial charge in [0.05, 0.1) is 12.5 Å². The van der Waals surface area contributed by atoms with E-state index in [4.69, 9.17) is 0 Å². The van der Waals surface area contributed by atoms with Gasteiger partial charge in [0.15, 0.2) is 11.6 Å². The van der Waals surface area contributed by atoms with Crippen molar-refractivity contribution in [2.45, 2.75) is 12.5 Å². The lowest BCUT2D eigenvalue weighted by atomic mass is 10.0. The maximum atomic E-state index is 13.6. The summed E-state index contributed by atoms with van der Waals surface area (Å²) in [7, 11) is 0. The van der Waals surface area contributed by atoms with Crippen molar-refractivity contribution in [3.05, 3.63) is 77.4 Å². The molecule has 24 heavy (non-hydrogen) atoms. The second-order valence-electron chi connectivity index (χ2n) is 5.45. The van der Waals surface area contributed by atoms with E-state index in [9.17, 15) is 23.5 Å². The third kappa shape index (κ3) is 2.56. The average molecular weight is 329 g/mol. The van der Waals surface area contributed by atoms with Crippen molar-refractivity contribution >= 4 is 17.6 Å². The number of carbonyl (C=O) groups excluding carboxylic acids is 1. The van der Waals surface area contributed by atoms with E-state index in [0.717, 1.165) is 12.1 Å². The second kappa shape index (κ2) is 5.88. The zero-order valence-corrected chi connectivity index (χ0v) is 12.5. The highest BCUT2D eigenvalue weighted by Gasteiger charge is 2.37. The molecule has 1 unspecified atom stereocenters. The monoisotopic (exact) mass is 329 g/mol. The highest BCUT2D eigenvalue weighted by molar-refractivity contribution is 6.09. The molecule has 0 bridgehead atoms. The first-order valence-electron chi connectivity index (χ1n) is 7.18. The van der Waals surface area contributed by atoms with Crippen LogP contribution in [-0.2, 0) is 4.79 Å². The van der Waals surface area contributed by atoms with E-state index >= 15 is 0 Å². The Morgan fingerprint density at radius 1 is 1.12 bits per heavy atom. The third-order valence-corrected chi connectivity index (χ3v) is 3.99. The molecule has 2 aromatic rings. The molecule has 0 fully saturated rings. The molecule has 1 N–H and O–H groups in total. The maximum Gasteiger partial charge on any atom is 0.305 e. The molecule has 3 rings (SSSR count). The van der Waals surface area contributed by atoms with Crippen LogP contribution in [0.2, 0.25) is 0 Å². The van der Waals surface area contributed by atoms with E-state index in [-0.39, 0.29) is 5.56 Å². The SMILES string of the molecule is C=C1c2ccccc2C(=O)N1C(CC(=O)O)c1ccc(F)c(F)c1. The average Bonchev–Trinajstić information content (AvgIpc) is 2.80. The molecule has 6 heteroatoms. The van der Waals surface area contributed by atoms with Crippen LogP contribution in [0.4, 0.5) is 8.78 Å². The first-order chi connectivity index (χ1) is 11.4. The predicted molar refractivity (Wildman–Crippen MR) is 83.0 cm³/mol. The van der Waals surface area contributed by atoms with Gasteiger partial charge in [-0.3, -0.25) is 9.59 Å². The quantitative estimate of drug-likeness (QED) is 0.932. The van der Waals surface area contributed by atoms with Gasteiger partial charge < -0.3 is 10.0 Å². The fraction of sp³-hybridized carbons (Fsp3) is 0.111. The fourth-order valence-electron chi connectivity index (χ4n) is 2.88. The summed E-state index contributed by atoms with van der Waals surface area (Å²) in [5.74, 6) is -3.71. The van der Waals surface area contributed by atoms with Gasteiger partial charge >= 0.3 is 5.97 Å². The number of amides is 1. The van der Waals surface area contributed by atoms with Crippen LogP contribution in [0.3, 0.4) is 0 Å². The Hall–Kier alpha value is -3.02. The topological polar surface area (TPSA) is 57.6 Å². The summed E-state index contributed by atoms with van der Waals surface area (Å²) in [6, 6.07) is 8.87. The summed E-state index contributed by atoms with van der Waals surface area (Å²) in [5, 5.41) is 9.18. The number of benzene rings is 2. The Balaban J connectivity index is 2.07. The number of carboxylic acids is 1. The van der Waals surface area contributed by atoms with Crippen LogP contribution in [-0.4, -0.2) is 21.9 Å². The van der Waals surface area contributed by atoms with E-state index in [1.165, 1.54) is 11.0 Å². The number of hydrogen-bond acceptors (Lipinski definition) is 2. The summed E-state index contributed by atoms with van der Waals surface area (Å²) in [5.41, 5.74) is 1.53. The predicted octanol–water partition coefficient (Wildman–Crippen LogP) is 3.61. The number of aliphatic carboxylic acids is 1. The Morgan fingerprint density at radius 2 is 1.79 bits per heavy atom. The number of carbonyl (C=O) groups is 2. The summed E-state index contributed by atoms with van der Waals surface area (Å²) in [4.78, 5) is 25.1. The van der Waals surface area contributed by atoms with Crippen LogP contribution in [0.5, 0.6) is 0 Å². The zero-order valence-electron chi connectivity index (χ0n) is 12.5. The van der Waals surface area contributed by atoms with Crippen LogP contribution in [0, 0.1) is 11.6 Å². The summed E-state index contributed by atoms with van der Waals surface area (Å²) < 4.78 is 26.8. The van der Waals surface area contributed by atoms with Gasteiger partial charge in [0.2, 0.25) is 0 Å². The Labute approximate surface area is 136 Å². The van der Waals surface area contributed by atoms with Gasteiger partial charge in [0, 0.05) is 16.8 Å². The van der Waals surface area contributed by atoms with E-state index < -0.39 is 36.0 Å². The molecule has 1 amide bonds. The number of halogens is 2. The summed E-state index contributed by atoms with van der Waals surface area (Å²) in [6.45, 7) is 3.87. The molecule has 0 aliphatic carbocycles. The zero-order chi connectivity index (χ0) is 17.4. The van der Waals surface area contributed by atoms with Crippen LogP contribution in [0.25, 0.3) is 5.70 Å². The summed E-state index contributed by atoms with van der Waals surface area (Å²) in [6.07, 6.45) is -0.455. The maximum absolute atomic E-state index is 13.6. The minimum absolute atomic E-state index is 0.193. The van der Waals surface area contributed by atoms with Crippen molar-refractivity contribution in [3.8, 4) is 0 Å². The molecule has 0 aromatic heterocycles. The smallest absolute Gasteiger partial charge is 0.305 e. The molecule has 1 aliphatic heterocycles. The molecule has 1 atom stereocenters. The highest BCUT2D eigenvalue weighted by atomic mass is 19.2. The lowest BCUT2D eigenvalue weighted by Gasteiger charge is -2.28. The number of fused-ring (bicyclic) bond motifs is 1. The molecule has 0 saturated heterocycles. The first kappa shape index (κ1) is 15.9. The lowest BCUT2D eigenvalue weighted by molar-refractivity contribution is -0.138. The van der Waals surface area contributed by atoms with Crippen LogP contribution >= 0.6 is 0 Å². The minimum atomic E-state index is -1.17. The number of hydrogen-bond donors (Lipinski definition) is 1. The number of nitrogens with zero attached hydrogens (tertiary/aromatic N) is 1. The van der Waals surface area contributed by atoms with Gasteiger partial charge in [0.1, 0.15) is 0 Å². The Kier molecular flexibility index (Phi) is 3.89. The van der Waals surface area contributed by atoms with Crippen molar-refractivity contribution in [1.29, 1.82) is 0 Å². The van der Waals surface area contributed by atoms with Gasteiger partial charge in [-0.05, 0) is 23.8 Å². The van der Waals surface area contributed by atoms with Gasteiger partial charge in [-0.25, -0.2) is 8.78 Å². The van der Waals surface area contributed by atoms with Gasteiger partial charge in [-0.1, -0.05) is 30.8 Å². The molecule has 122 valence electrons. The van der Waals surface area contributed by atoms with Gasteiger partial charge in [0.25, 0.3) is 5.91 Å². The minimum Gasteiger partial charge on any atom is -0.481 e. The van der Waals surface area contributed by atoms with Crippen molar-refractivity contribution in [1.82, 2.24) is 4.90 Å². The second-order valence-corrected chi connectivity index (χ2v) is 5.45. The highest BCUT2D eigenvalue weighted by Crippen LogP contribution is 2.39. The molecule has 0 spiro atoms. The van der Waals surface area contributed by atoms with Gasteiger partial charge in [-0.15, -0.1) is 0 Å². The van der Waals surface area contributed by atoms with E-state index in [0.29, 0.717) is 16.8 Å². The van der Waals surface area contributed by atoms with Crippen molar-refractivity contribution in [2.24, 2.45) is 0 Å². The van der Waals surface area contributed by atoms with E-state index in [1.54, 1.807) is 24.3 Å². The molecule has 1 heterocycles. The molecular formula is C18H13F2NO3. The van der Waals surface area contributed by atoms with Crippen molar-refractivity contribution < 1.29 is 23.5 Å². The molecule has 0 radical (unpaired) electrons. The number of carboxylic acid groups (broad SMARTS) is 1. The molecule has 2 aromatic carbocycles. The first-order valence-corrected chi connectivity index (χ1v) is 7.18. The summed E-state index contributed by atoms with van der Waals surface area (Å²) >= 11 is 0. The molecule has 0 saturated carbocycles. The van der Waals surface area contributed by atoms with Crippen LogP contribution < -0.4 is 0 Å². The molecule has 4 nitrogen and oxygen atoms in total. The third-order valence-electron chi connectivity index (χ3n) is 3.99. The Morgan fingerprint density at radius 3 is 2.38 bits per heavy atom. The van der Waals surface area contributed by atoms with Gasteiger partial charge in [-0.2, -0.15) is 0 Å². The lowest BCUT2D eigenvalue weighted by Crippen LogP contribution is -2.30. The van der Waals surface area contributed by atoms with Crippen LogP contribution in [0.15, 0.2) is 49.0 Å². The number of rotatable bonds is 4. The fourth-order valence-corrected chi connectivity index (χ4v) is 2.88. The standard InChI is InChI=1S/C18H13F2NO3/c1-10-12-4-2-3-5-13(12)18(24)21(10)16(9-17(22)23)11-6-7-14(19)15(20)8-11/h2-8,16H,1,9H2,(H,22,23). The molecular weight excluding hydrogens is 316 g/mol. The van der Waals surface area contributed by atoms with E-state index in [2.05, 4.69) is 6.58 Å². The Bertz CT molecular complexity index is 828. The van der Waals surface area contributed by atoms with Crippen molar-refractivity contribution in [2.75, 3.05) is 0 Å². The van der Waals surface area contributed by atoms with E-state index in [1.807, 2.05) is 0 Å². The normalized spacial score (nSPS) is 14.7. The van der Waals surface area contributed by atoms with Crippen LogP contribution in [0.1, 0.15) is 33.9 Å². The molecule has 1 aliphatic rings. The van der Waals surface area contributed by atoms with Crippen molar-refractivity contribution in [3.63, 3.8) is 0 Å². The largest absolute Gasteiger partial charge is 0.481 e.